The van der Waals surface area contributed by atoms with Crippen LogP contribution in [-0.2, 0) is 0 Å². The van der Waals surface area contributed by atoms with Crippen molar-refractivity contribution in [3.63, 3.8) is 0 Å². The Morgan fingerprint density at radius 3 is 2.57 bits per heavy atom. The molecule has 1 aromatic carbocycles. The lowest BCUT2D eigenvalue weighted by atomic mass is 10.1. The first-order valence-corrected chi connectivity index (χ1v) is 4.64. The minimum atomic E-state index is 0. The summed E-state index contributed by atoms with van der Waals surface area (Å²) in [6, 6.07) is 6.20. The summed E-state index contributed by atoms with van der Waals surface area (Å²) in [5.74, 6) is 0.971. The minimum Gasteiger partial charge on any atom is -0.493 e. The van der Waals surface area contributed by atoms with E-state index in [0.29, 0.717) is 13.2 Å². The van der Waals surface area contributed by atoms with Crippen LogP contribution < -0.4 is 10.5 Å². The molecule has 0 amide bonds. The predicted octanol–water partition coefficient (Wildman–Crippen LogP) is 2.45. The van der Waals surface area contributed by atoms with E-state index >= 15 is 0 Å². The standard InChI is InChI=1S/C11H17NO.ClH/c1-9-4-5-11(10(2)8-9)13-7-3-6-12;/h4-5,8H,3,6-7,12H2,1-2H3;1H. The van der Waals surface area contributed by atoms with Crippen molar-refractivity contribution >= 4 is 12.4 Å². The van der Waals surface area contributed by atoms with Crippen LogP contribution in [0.4, 0.5) is 0 Å². The summed E-state index contributed by atoms with van der Waals surface area (Å²) in [7, 11) is 0. The highest BCUT2D eigenvalue weighted by Gasteiger charge is 1.98. The van der Waals surface area contributed by atoms with Crippen LogP contribution in [0.5, 0.6) is 5.75 Å². The lowest BCUT2D eigenvalue weighted by Crippen LogP contribution is -2.06. The van der Waals surface area contributed by atoms with Gasteiger partial charge in [0, 0.05) is 0 Å². The van der Waals surface area contributed by atoms with Crippen LogP contribution in [0.15, 0.2) is 18.2 Å². The monoisotopic (exact) mass is 215 g/mol. The van der Waals surface area contributed by atoms with E-state index in [2.05, 4.69) is 26.0 Å². The highest BCUT2D eigenvalue weighted by atomic mass is 35.5. The van der Waals surface area contributed by atoms with Crippen LogP contribution in [-0.4, -0.2) is 13.2 Å². The van der Waals surface area contributed by atoms with Gasteiger partial charge in [-0.2, -0.15) is 0 Å². The molecule has 1 rings (SSSR count). The number of ether oxygens (including phenoxy) is 1. The fourth-order valence-electron chi connectivity index (χ4n) is 1.23. The van der Waals surface area contributed by atoms with Gasteiger partial charge in [-0.15, -0.1) is 12.4 Å². The number of nitrogens with two attached hydrogens (primary N) is 1. The molecule has 0 saturated carbocycles. The fraction of sp³-hybridized carbons (Fsp3) is 0.455. The van der Waals surface area contributed by atoms with Crippen LogP contribution >= 0.6 is 12.4 Å². The summed E-state index contributed by atoms with van der Waals surface area (Å²) < 4.78 is 5.55. The molecule has 0 heterocycles. The van der Waals surface area contributed by atoms with Crippen LogP contribution in [0.2, 0.25) is 0 Å². The molecule has 3 heteroatoms. The van der Waals surface area contributed by atoms with Crippen LogP contribution in [0.3, 0.4) is 0 Å². The summed E-state index contributed by atoms with van der Waals surface area (Å²) in [6.07, 6.45) is 0.910. The van der Waals surface area contributed by atoms with E-state index in [9.17, 15) is 0 Å². The lowest BCUT2D eigenvalue weighted by molar-refractivity contribution is 0.311. The highest BCUT2D eigenvalue weighted by Crippen LogP contribution is 2.18. The average Bonchev–Trinajstić information content (AvgIpc) is 2.09. The van der Waals surface area contributed by atoms with Gasteiger partial charge in [0.15, 0.2) is 0 Å². The van der Waals surface area contributed by atoms with Crippen molar-refractivity contribution in [3.8, 4) is 5.75 Å². The van der Waals surface area contributed by atoms with Gasteiger partial charge in [0.1, 0.15) is 5.75 Å². The van der Waals surface area contributed by atoms with Gasteiger partial charge < -0.3 is 10.5 Å². The van der Waals surface area contributed by atoms with Gasteiger partial charge >= 0.3 is 0 Å². The molecule has 0 aliphatic carbocycles. The molecule has 0 fully saturated rings. The molecule has 0 atom stereocenters. The number of rotatable bonds is 4. The molecule has 0 radical (unpaired) electrons. The van der Waals surface area contributed by atoms with Crippen molar-refractivity contribution in [1.29, 1.82) is 0 Å². The fourth-order valence-corrected chi connectivity index (χ4v) is 1.23. The van der Waals surface area contributed by atoms with E-state index in [4.69, 9.17) is 10.5 Å². The van der Waals surface area contributed by atoms with Crippen molar-refractivity contribution in [2.24, 2.45) is 5.73 Å². The van der Waals surface area contributed by atoms with Crippen molar-refractivity contribution < 1.29 is 4.74 Å². The Hall–Kier alpha value is -0.730. The van der Waals surface area contributed by atoms with Gasteiger partial charge in [-0.3, -0.25) is 0 Å². The maximum Gasteiger partial charge on any atom is 0.122 e. The summed E-state index contributed by atoms with van der Waals surface area (Å²) in [5.41, 5.74) is 7.83. The third kappa shape index (κ3) is 3.99. The smallest absolute Gasteiger partial charge is 0.122 e. The predicted molar refractivity (Wildman–Crippen MR) is 62.3 cm³/mol. The topological polar surface area (TPSA) is 35.2 Å². The zero-order valence-electron chi connectivity index (χ0n) is 8.75. The third-order valence-electron chi connectivity index (χ3n) is 1.94. The van der Waals surface area contributed by atoms with Gasteiger partial charge in [-0.25, -0.2) is 0 Å². The number of hydrogen-bond acceptors (Lipinski definition) is 2. The molecule has 0 aliphatic rings. The molecular weight excluding hydrogens is 198 g/mol. The lowest BCUT2D eigenvalue weighted by Gasteiger charge is -2.08. The van der Waals surface area contributed by atoms with Crippen LogP contribution in [0.1, 0.15) is 17.5 Å². The Balaban J connectivity index is 0.00000169. The van der Waals surface area contributed by atoms with Crippen LogP contribution in [0, 0.1) is 13.8 Å². The molecule has 2 nitrogen and oxygen atoms in total. The first-order chi connectivity index (χ1) is 6.24. The van der Waals surface area contributed by atoms with Crippen molar-refractivity contribution in [1.82, 2.24) is 0 Å². The number of benzene rings is 1. The normalized spacial score (nSPS) is 9.36. The highest BCUT2D eigenvalue weighted by molar-refractivity contribution is 5.85. The molecular formula is C11H18ClNO. The molecule has 14 heavy (non-hydrogen) atoms. The molecule has 0 bridgehead atoms. The molecule has 2 N–H and O–H groups in total. The zero-order valence-corrected chi connectivity index (χ0v) is 9.56. The van der Waals surface area contributed by atoms with Gasteiger partial charge in [0.2, 0.25) is 0 Å². The second-order valence-electron chi connectivity index (χ2n) is 3.26. The van der Waals surface area contributed by atoms with Crippen molar-refractivity contribution in [3.05, 3.63) is 29.3 Å². The largest absolute Gasteiger partial charge is 0.493 e. The number of halogens is 1. The van der Waals surface area contributed by atoms with E-state index < -0.39 is 0 Å². The average molecular weight is 216 g/mol. The maximum absolute atomic E-state index is 5.55. The molecule has 0 unspecified atom stereocenters. The minimum absolute atomic E-state index is 0. The Labute approximate surface area is 91.9 Å². The molecule has 1 aromatic rings. The van der Waals surface area contributed by atoms with E-state index in [1.807, 2.05) is 6.07 Å². The van der Waals surface area contributed by atoms with Crippen molar-refractivity contribution in [2.45, 2.75) is 20.3 Å². The molecule has 0 spiro atoms. The van der Waals surface area contributed by atoms with Gasteiger partial charge in [0.25, 0.3) is 0 Å². The second kappa shape index (κ2) is 6.68. The molecule has 0 aliphatic heterocycles. The summed E-state index contributed by atoms with van der Waals surface area (Å²) in [4.78, 5) is 0. The number of aryl methyl sites for hydroxylation is 2. The van der Waals surface area contributed by atoms with E-state index in [1.165, 1.54) is 11.1 Å². The summed E-state index contributed by atoms with van der Waals surface area (Å²) in [6.45, 7) is 5.53. The van der Waals surface area contributed by atoms with Crippen LogP contribution in [0.25, 0.3) is 0 Å². The van der Waals surface area contributed by atoms with Crippen molar-refractivity contribution in [2.75, 3.05) is 13.2 Å². The van der Waals surface area contributed by atoms with E-state index in [1.54, 1.807) is 0 Å². The zero-order chi connectivity index (χ0) is 9.68. The first-order valence-electron chi connectivity index (χ1n) is 4.64. The van der Waals surface area contributed by atoms with E-state index in [0.717, 1.165) is 12.2 Å². The third-order valence-corrected chi connectivity index (χ3v) is 1.94. The maximum atomic E-state index is 5.55. The Morgan fingerprint density at radius 2 is 2.00 bits per heavy atom. The molecule has 0 saturated heterocycles. The first kappa shape index (κ1) is 13.3. The SMILES string of the molecule is Cc1ccc(OCCCN)c(C)c1.Cl. The second-order valence-corrected chi connectivity index (χ2v) is 3.26. The summed E-state index contributed by atoms with van der Waals surface area (Å²) in [5, 5.41) is 0. The Morgan fingerprint density at radius 1 is 1.29 bits per heavy atom. The Kier molecular flexibility index (Phi) is 6.34. The van der Waals surface area contributed by atoms with E-state index in [-0.39, 0.29) is 12.4 Å². The quantitative estimate of drug-likeness (QED) is 0.784. The van der Waals surface area contributed by atoms with Gasteiger partial charge in [-0.1, -0.05) is 17.7 Å². The summed E-state index contributed by atoms with van der Waals surface area (Å²) >= 11 is 0. The number of hydrogen-bond donors (Lipinski definition) is 1. The molecule has 0 aromatic heterocycles. The Bertz CT molecular complexity index is 276. The molecule has 80 valence electrons. The van der Waals surface area contributed by atoms with Gasteiger partial charge in [0.05, 0.1) is 6.61 Å². The van der Waals surface area contributed by atoms with Gasteiger partial charge in [-0.05, 0) is 38.4 Å².